The largest absolute Gasteiger partial charge is 0.455 e. The van der Waals surface area contributed by atoms with Crippen LogP contribution in [0, 0.1) is 0 Å². The summed E-state index contributed by atoms with van der Waals surface area (Å²) in [6.45, 7) is 15.1. The van der Waals surface area contributed by atoms with Crippen molar-refractivity contribution in [3.05, 3.63) is 103 Å². The highest BCUT2D eigenvalue weighted by molar-refractivity contribution is 6.10. The topological polar surface area (TPSA) is 13.1 Å². The van der Waals surface area contributed by atoms with E-state index in [4.69, 9.17) is 4.42 Å². The van der Waals surface area contributed by atoms with Crippen LogP contribution in [0.2, 0.25) is 0 Å². The fraction of sp³-hybridized carbons (Fsp3) is 0.154. The lowest BCUT2D eigenvalue weighted by molar-refractivity contribution is 0.0191. The SMILES string of the molecule is C=C.C=C(c1ccccc1)c1ccc(C(C)(F)F)c2c1oc1ccccc12.CC.[HH]. The van der Waals surface area contributed by atoms with Gasteiger partial charge in [-0.25, -0.2) is 8.78 Å². The van der Waals surface area contributed by atoms with Crippen LogP contribution in [0.4, 0.5) is 8.78 Å². The molecule has 0 aliphatic rings. The third kappa shape index (κ3) is 4.29. The first-order valence-electron chi connectivity index (χ1n) is 9.54. The minimum absolute atomic E-state index is 0. The summed E-state index contributed by atoms with van der Waals surface area (Å²) in [4.78, 5) is 0. The lowest BCUT2D eigenvalue weighted by Gasteiger charge is -2.14. The van der Waals surface area contributed by atoms with Crippen LogP contribution in [-0.2, 0) is 5.92 Å². The van der Waals surface area contributed by atoms with Gasteiger partial charge in [-0.3, -0.25) is 0 Å². The summed E-state index contributed by atoms with van der Waals surface area (Å²) in [5.41, 5.74) is 3.42. The maximum absolute atomic E-state index is 14.2. The molecular weight excluding hydrogens is 366 g/mol. The number of hydrogen-bond donors (Lipinski definition) is 0. The Morgan fingerprint density at radius 2 is 1.48 bits per heavy atom. The minimum Gasteiger partial charge on any atom is -0.455 e. The van der Waals surface area contributed by atoms with E-state index >= 15 is 0 Å². The van der Waals surface area contributed by atoms with E-state index in [0.29, 0.717) is 21.9 Å². The van der Waals surface area contributed by atoms with E-state index in [2.05, 4.69) is 19.7 Å². The number of rotatable bonds is 3. The molecule has 0 unspecified atom stereocenters. The van der Waals surface area contributed by atoms with Crippen molar-refractivity contribution in [2.75, 3.05) is 0 Å². The molecule has 1 heterocycles. The summed E-state index contributed by atoms with van der Waals surface area (Å²) in [5.74, 6) is -2.96. The van der Waals surface area contributed by atoms with E-state index in [9.17, 15) is 8.78 Å². The van der Waals surface area contributed by atoms with E-state index in [0.717, 1.165) is 23.6 Å². The summed E-state index contributed by atoms with van der Waals surface area (Å²) < 4.78 is 34.3. The number of alkyl halides is 2. The lowest BCUT2D eigenvalue weighted by Crippen LogP contribution is -2.07. The number of benzene rings is 3. The first kappa shape index (κ1) is 22.1. The van der Waals surface area contributed by atoms with Gasteiger partial charge in [0.15, 0.2) is 0 Å². The third-order valence-corrected chi connectivity index (χ3v) is 4.45. The summed E-state index contributed by atoms with van der Waals surface area (Å²) in [6, 6.07) is 20.1. The Bertz CT molecular complexity index is 1110. The second kappa shape index (κ2) is 9.33. The summed E-state index contributed by atoms with van der Waals surface area (Å²) >= 11 is 0. The van der Waals surface area contributed by atoms with Crippen molar-refractivity contribution in [1.82, 2.24) is 0 Å². The molecule has 0 aliphatic heterocycles. The lowest BCUT2D eigenvalue weighted by atomic mass is 9.93. The van der Waals surface area contributed by atoms with Crippen LogP contribution in [0.25, 0.3) is 27.5 Å². The summed E-state index contributed by atoms with van der Waals surface area (Å²) in [7, 11) is 0. The summed E-state index contributed by atoms with van der Waals surface area (Å²) in [6.07, 6.45) is 0. The van der Waals surface area contributed by atoms with Crippen molar-refractivity contribution < 1.29 is 14.6 Å². The monoisotopic (exact) mass is 394 g/mol. The standard InChI is InChI=1S/C22H16F2O.C2H6.C2H4.H2/c1-14(15-8-4-3-5-9-15)16-12-13-18(22(2,23)24)20-17-10-6-7-11-19(17)25-21(16)20;2*1-2;/h3-13H,1H2,2H3;1-2H3;1-2H2;1H. The van der Waals surface area contributed by atoms with Crippen molar-refractivity contribution in [2.24, 2.45) is 0 Å². The van der Waals surface area contributed by atoms with Crippen LogP contribution in [-0.4, -0.2) is 0 Å². The van der Waals surface area contributed by atoms with Gasteiger partial charge in [0.1, 0.15) is 11.2 Å². The number of para-hydroxylation sites is 1. The average Bonchev–Trinajstić information content (AvgIpc) is 3.15. The molecule has 4 aromatic rings. The Balaban J connectivity index is 0.000000851. The molecule has 4 rings (SSSR count). The van der Waals surface area contributed by atoms with Gasteiger partial charge in [-0.2, -0.15) is 0 Å². The molecule has 0 saturated carbocycles. The number of furan rings is 1. The molecule has 0 saturated heterocycles. The Morgan fingerprint density at radius 1 is 0.897 bits per heavy atom. The summed E-state index contributed by atoms with van der Waals surface area (Å²) in [5, 5.41) is 1.15. The second-order valence-electron chi connectivity index (χ2n) is 6.20. The molecule has 0 atom stereocenters. The zero-order valence-corrected chi connectivity index (χ0v) is 17.1. The Labute approximate surface area is 172 Å². The molecule has 29 heavy (non-hydrogen) atoms. The molecule has 3 heteroatoms. The van der Waals surface area contributed by atoms with Crippen LogP contribution in [0.5, 0.6) is 0 Å². The number of halogens is 2. The highest BCUT2D eigenvalue weighted by atomic mass is 19.3. The van der Waals surface area contributed by atoms with Gasteiger partial charge >= 0.3 is 0 Å². The smallest absolute Gasteiger partial charge is 0.271 e. The molecule has 1 aromatic heterocycles. The molecule has 1 nitrogen and oxygen atoms in total. The second-order valence-corrected chi connectivity index (χ2v) is 6.20. The fourth-order valence-corrected chi connectivity index (χ4v) is 3.23. The zero-order chi connectivity index (χ0) is 21.6. The van der Waals surface area contributed by atoms with Crippen LogP contribution in [0.3, 0.4) is 0 Å². The van der Waals surface area contributed by atoms with Crippen LogP contribution in [0.1, 0.15) is 38.9 Å². The van der Waals surface area contributed by atoms with Gasteiger partial charge in [0, 0.05) is 30.2 Å². The Hall–Kier alpha value is -3.20. The third-order valence-electron chi connectivity index (χ3n) is 4.45. The highest BCUT2D eigenvalue weighted by Gasteiger charge is 2.30. The predicted molar refractivity (Wildman–Crippen MR) is 123 cm³/mol. The molecule has 0 spiro atoms. The highest BCUT2D eigenvalue weighted by Crippen LogP contribution is 2.42. The molecule has 0 radical (unpaired) electrons. The van der Waals surface area contributed by atoms with Gasteiger partial charge in [-0.05, 0) is 17.2 Å². The Kier molecular flexibility index (Phi) is 7.11. The van der Waals surface area contributed by atoms with E-state index in [1.807, 2.05) is 62.4 Å². The quantitative estimate of drug-likeness (QED) is 0.316. The first-order valence-corrected chi connectivity index (χ1v) is 9.54. The zero-order valence-electron chi connectivity index (χ0n) is 17.1. The van der Waals surface area contributed by atoms with E-state index < -0.39 is 5.92 Å². The van der Waals surface area contributed by atoms with Crippen molar-refractivity contribution in [1.29, 1.82) is 0 Å². The number of fused-ring (bicyclic) bond motifs is 3. The molecule has 0 amide bonds. The minimum atomic E-state index is -2.96. The molecule has 0 N–H and O–H groups in total. The van der Waals surface area contributed by atoms with Gasteiger partial charge in [-0.1, -0.05) is 81.1 Å². The van der Waals surface area contributed by atoms with Crippen molar-refractivity contribution in [3.63, 3.8) is 0 Å². The van der Waals surface area contributed by atoms with E-state index in [1.54, 1.807) is 12.1 Å². The first-order chi connectivity index (χ1) is 14.0. The fourth-order valence-electron chi connectivity index (χ4n) is 3.23. The molecule has 0 bridgehead atoms. The van der Waals surface area contributed by atoms with Crippen LogP contribution >= 0.6 is 0 Å². The molecule has 3 aromatic carbocycles. The van der Waals surface area contributed by atoms with Gasteiger partial charge in [0.2, 0.25) is 0 Å². The average molecular weight is 395 g/mol. The van der Waals surface area contributed by atoms with Crippen molar-refractivity contribution in [2.45, 2.75) is 26.7 Å². The molecule has 152 valence electrons. The van der Waals surface area contributed by atoms with Crippen LogP contribution < -0.4 is 0 Å². The van der Waals surface area contributed by atoms with E-state index in [1.165, 1.54) is 6.07 Å². The van der Waals surface area contributed by atoms with Crippen LogP contribution in [0.15, 0.2) is 90.9 Å². The maximum atomic E-state index is 14.2. The van der Waals surface area contributed by atoms with Gasteiger partial charge in [0.05, 0.1) is 0 Å². The molecule has 0 fully saturated rings. The van der Waals surface area contributed by atoms with Crippen molar-refractivity contribution in [3.8, 4) is 0 Å². The maximum Gasteiger partial charge on any atom is 0.271 e. The van der Waals surface area contributed by atoms with Gasteiger partial charge in [-0.15, -0.1) is 13.2 Å². The van der Waals surface area contributed by atoms with Crippen molar-refractivity contribution >= 4 is 27.5 Å². The normalized spacial score (nSPS) is 10.7. The molecular formula is C26H28F2O. The predicted octanol–water partition coefficient (Wildman–Crippen LogP) is 8.83. The van der Waals surface area contributed by atoms with Gasteiger partial charge in [0.25, 0.3) is 5.92 Å². The van der Waals surface area contributed by atoms with Gasteiger partial charge < -0.3 is 4.42 Å². The molecule has 0 aliphatic carbocycles. The number of hydrogen-bond acceptors (Lipinski definition) is 1. The Morgan fingerprint density at radius 3 is 2.10 bits per heavy atom. The van der Waals surface area contributed by atoms with E-state index in [-0.39, 0.29) is 6.99 Å².